The quantitative estimate of drug-likeness (QED) is 0.647. The number of benzene rings is 2. The van der Waals surface area contributed by atoms with Gasteiger partial charge in [-0.1, -0.05) is 29.8 Å². The topological polar surface area (TPSA) is 98.9 Å². The van der Waals surface area contributed by atoms with E-state index in [1.807, 2.05) is 0 Å². The number of rotatable bonds is 9. The van der Waals surface area contributed by atoms with E-state index in [1.165, 1.54) is 4.90 Å². The first kappa shape index (κ1) is 21.2. The fourth-order valence-corrected chi connectivity index (χ4v) is 2.63. The summed E-state index contributed by atoms with van der Waals surface area (Å²) in [6, 6.07) is 13.8. The average molecular weight is 405 g/mol. The number of esters is 1. The zero-order valence-corrected chi connectivity index (χ0v) is 16.1. The molecule has 0 bridgehead atoms. The Kier molecular flexibility index (Phi) is 7.83. The van der Waals surface area contributed by atoms with Crippen LogP contribution in [-0.4, -0.2) is 37.5 Å². The average Bonchev–Trinajstić information content (AvgIpc) is 2.66. The van der Waals surface area contributed by atoms with Crippen molar-refractivity contribution in [3.05, 3.63) is 59.1 Å². The second kappa shape index (κ2) is 10.3. The van der Waals surface area contributed by atoms with Crippen LogP contribution in [-0.2, 0) is 19.1 Å². The van der Waals surface area contributed by atoms with Crippen molar-refractivity contribution in [2.75, 3.05) is 24.7 Å². The van der Waals surface area contributed by atoms with Gasteiger partial charge in [0.05, 0.1) is 0 Å². The molecule has 2 aromatic rings. The molecule has 2 N–H and O–H groups in total. The lowest BCUT2D eigenvalue weighted by atomic mass is 10.2. The van der Waals surface area contributed by atoms with Gasteiger partial charge < -0.3 is 20.1 Å². The minimum atomic E-state index is -0.689. The van der Waals surface area contributed by atoms with Gasteiger partial charge >= 0.3 is 5.97 Å². The van der Waals surface area contributed by atoms with E-state index in [4.69, 9.17) is 26.8 Å². The normalized spacial score (nSPS) is 10.2. The third-order valence-electron chi connectivity index (χ3n) is 3.79. The van der Waals surface area contributed by atoms with E-state index < -0.39 is 24.4 Å². The smallest absolute Gasteiger partial charge is 0.344 e. The molecule has 0 aliphatic rings. The zero-order chi connectivity index (χ0) is 20.5. The second-order valence-corrected chi connectivity index (χ2v) is 6.39. The summed E-state index contributed by atoms with van der Waals surface area (Å²) < 4.78 is 10.4. The highest BCUT2D eigenvalue weighted by Crippen LogP contribution is 2.21. The van der Waals surface area contributed by atoms with Crippen LogP contribution in [0.3, 0.4) is 0 Å². The molecule has 0 radical (unpaired) electrons. The molecule has 0 aliphatic carbocycles. The standard InChI is InChI=1S/C20H21ClN2O5/c1-14-11-15(21)7-8-17(14)27-13-20(26)28-12-19(25)23(10-9-18(22)24)16-5-3-2-4-6-16/h2-8,11H,9-10,12-13H2,1H3,(H2,22,24). The number of nitrogens with zero attached hydrogens (tertiary/aromatic N) is 1. The minimum Gasteiger partial charge on any atom is -0.482 e. The third-order valence-corrected chi connectivity index (χ3v) is 4.02. The molecule has 0 unspecified atom stereocenters. The van der Waals surface area contributed by atoms with Crippen molar-refractivity contribution >= 4 is 35.1 Å². The molecule has 0 saturated heterocycles. The Labute approximate surface area is 168 Å². The van der Waals surface area contributed by atoms with Gasteiger partial charge in [-0.2, -0.15) is 0 Å². The molecule has 2 aromatic carbocycles. The molecule has 0 fully saturated rings. The largest absolute Gasteiger partial charge is 0.482 e. The first-order chi connectivity index (χ1) is 13.4. The van der Waals surface area contributed by atoms with Gasteiger partial charge in [0.2, 0.25) is 5.91 Å². The molecule has 0 aromatic heterocycles. The molecule has 0 aliphatic heterocycles. The second-order valence-electron chi connectivity index (χ2n) is 5.96. The Morgan fingerprint density at radius 2 is 1.79 bits per heavy atom. The van der Waals surface area contributed by atoms with Crippen molar-refractivity contribution in [3.8, 4) is 5.75 Å². The number of para-hydroxylation sites is 1. The summed E-state index contributed by atoms with van der Waals surface area (Å²) in [5.41, 5.74) is 6.53. The van der Waals surface area contributed by atoms with Crippen LogP contribution in [0.25, 0.3) is 0 Å². The summed E-state index contributed by atoms with van der Waals surface area (Å²) in [5, 5.41) is 0.565. The molecule has 2 amide bonds. The SMILES string of the molecule is Cc1cc(Cl)ccc1OCC(=O)OCC(=O)N(CCC(N)=O)c1ccccc1. The molecule has 8 heteroatoms. The van der Waals surface area contributed by atoms with Crippen LogP contribution >= 0.6 is 11.6 Å². The number of primary amides is 1. The maximum atomic E-state index is 12.5. The Morgan fingerprint density at radius 3 is 2.43 bits per heavy atom. The van der Waals surface area contributed by atoms with Crippen LogP contribution in [0, 0.1) is 6.92 Å². The number of hydrogen-bond acceptors (Lipinski definition) is 5. The van der Waals surface area contributed by atoms with Crippen LogP contribution < -0.4 is 15.4 Å². The van der Waals surface area contributed by atoms with Crippen molar-refractivity contribution < 1.29 is 23.9 Å². The molecule has 0 saturated carbocycles. The number of nitrogens with two attached hydrogens (primary N) is 1. The van der Waals surface area contributed by atoms with Gasteiger partial charge in [0, 0.05) is 23.7 Å². The van der Waals surface area contributed by atoms with Gasteiger partial charge in [0.1, 0.15) is 5.75 Å². The van der Waals surface area contributed by atoms with E-state index in [9.17, 15) is 14.4 Å². The van der Waals surface area contributed by atoms with Crippen LogP contribution in [0.1, 0.15) is 12.0 Å². The van der Waals surface area contributed by atoms with Crippen LogP contribution in [0.15, 0.2) is 48.5 Å². The monoisotopic (exact) mass is 404 g/mol. The summed E-state index contributed by atoms with van der Waals surface area (Å²) in [5.74, 6) is -1.19. The Morgan fingerprint density at radius 1 is 1.07 bits per heavy atom. The summed E-state index contributed by atoms with van der Waals surface area (Å²) in [6.07, 6.45) is -0.00641. The van der Waals surface area contributed by atoms with Gasteiger partial charge in [-0.05, 0) is 42.8 Å². The fraction of sp³-hybridized carbons (Fsp3) is 0.250. The zero-order valence-electron chi connectivity index (χ0n) is 15.4. The minimum absolute atomic E-state index is 0.00641. The summed E-state index contributed by atoms with van der Waals surface area (Å²) in [7, 11) is 0. The van der Waals surface area contributed by atoms with E-state index in [0.29, 0.717) is 16.5 Å². The Bertz CT molecular complexity index is 842. The highest BCUT2D eigenvalue weighted by Gasteiger charge is 2.18. The predicted molar refractivity (Wildman–Crippen MR) is 105 cm³/mol. The summed E-state index contributed by atoms with van der Waals surface area (Å²) >= 11 is 5.87. The molecular weight excluding hydrogens is 384 g/mol. The predicted octanol–water partition coefficient (Wildman–Crippen LogP) is 2.48. The van der Waals surface area contributed by atoms with E-state index in [1.54, 1.807) is 55.5 Å². The first-order valence-corrected chi connectivity index (χ1v) is 8.93. The van der Waals surface area contributed by atoms with Crippen molar-refractivity contribution in [1.29, 1.82) is 0 Å². The maximum absolute atomic E-state index is 12.5. The van der Waals surface area contributed by atoms with E-state index in [0.717, 1.165) is 5.56 Å². The van der Waals surface area contributed by atoms with Gasteiger partial charge in [-0.25, -0.2) is 4.79 Å². The third kappa shape index (κ3) is 6.59. The Balaban J connectivity index is 1.90. The fourth-order valence-electron chi connectivity index (χ4n) is 2.40. The number of ether oxygens (including phenoxy) is 2. The van der Waals surface area contributed by atoms with Crippen LogP contribution in [0.5, 0.6) is 5.75 Å². The van der Waals surface area contributed by atoms with Crippen molar-refractivity contribution in [1.82, 2.24) is 0 Å². The number of halogens is 1. The summed E-state index contributed by atoms with van der Waals surface area (Å²) in [6.45, 7) is 1.07. The van der Waals surface area contributed by atoms with Crippen molar-refractivity contribution in [2.45, 2.75) is 13.3 Å². The molecule has 7 nitrogen and oxygen atoms in total. The number of anilines is 1. The van der Waals surface area contributed by atoms with Crippen molar-refractivity contribution in [2.24, 2.45) is 5.73 Å². The number of aryl methyl sites for hydroxylation is 1. The molecule has 2 rings (SSSR count). The van der Waals surface area contributed by atoms with E-state index in [2.05, 4.69) is 0 Å². The Hall–Kier alpha value is -3.06. The van der Waals surface area contributed by atoms with E-state index >= 15 is 0 Å². The van der Waals surface area contributed by atoms with Crippen LogP contribution in [0.4, 0.5) is 5.69 Å². The first-order valence-electron chi connectivity index (χ1n) is 8.55. The van der Waals surface area contributed by atoms with Gasteiger partial charge in [-0.3, -0.25) is 9.59 Å². The lowest BCUT2D eigenvalue weighted by Gasteiger charge is -2.22. The number of hydrogen-bond donors (Lipinski definition) is 1. The summed E-state index contributed by atoms with van der Waals surface area (Å²) in [4.78, 5) is 36.8. The lowest BCUT2D eigenvalue weighted by molar-refractivity contribution is -0.149. The molecule has 148 valence electrons. The molecule has 0 spiro atoms. The van der Waals surface area contributed by atoms with Gasteiger partial charge in [0.25, 0.3) is 5.91 Å². The highest BCUT2D eigenvalue weighted by atomic mass is 35.5. The van der Waals surface area contributed by atoms with Crippen molar-refractivity contribution in [3.63, 3.8) is 0 Å². The molecule has 0 atom stereocenters. The number of carbonyl (C=O) groups excluding carboxylic acids is 3. The molecule has 0 heterocycles. The van der Waals surface area contributed by atoms with Gasteiger partial charge in [-0.15, -0.1) is 0 Å². The highest BCUT2D eigenvalue weighted by molar-refractivity contribution is 6.30. The molecule has 28 heavy (non-hydrogen) atoms. The lowest BCUT2D eigenvalue weighted by Crippen LogP contribution is -2.37. The molecular formula is C20H21ClN2O5. The maximum Gasteiger partial charge on any atom is 0.344 e. The van der Waals surface area contributed by atoms with Gasteiger partial charge in [0.15, 0.2) is 13.2 Å². The number of carbonyl (C=O) groups is 3. The number of amides is 2. The van der Waals surface area contributed by atoms with E-state index in [-0.39, 0.29) is 19.6 Å². The van der Waals surface area contributed by atoms with Crippen LogP contribution in [0.2, 0.25) is 5.02 Å².